The molecule has 1 aromatic rings. The summed E-state index contributed by atoms with van der Waals surface area (Å²) in [6, 6.07) is 3.24. The normalized spacial score (nSPS) is 16.2. The zero-order valence-corrected chi connectivity index (χ0v) is 11.0. The second-order valence-electron chi connectivity index (χ2n) is 4.96. The number of rotatable bonds is 3. The van der Waals surface area contributed by atoms with E-state index < -0.39 is 23.7 Å². The van der Waals surface area contributed by atoms with Crippen LogP contribution in [0.2, 0.25) is 0 Å². The number of amides is 2. The number of urea groups is 1. The van der Waals surface area contributed by atoms with Crippen LogP contribution in [0.5, 0.6) is 0 Å². The van der Waals surface area contributed by atoms with Crippen molar-refractivity contribution < 1.29 is 27.9 Å². The number of halogens is 3. The summed E-state index contributed by atoms with van der Waals surface area (Å²) < 4.78 is 38.2. The molecular weight excluding hydrogens is 289 g/mol. The summed E-state index contributed by atoms with van der Waals surface area (Å²) in [6.07, 6.45) is -4.88. The molecule has 2 rings (SSSR count). The van der Waals surface area contributed by atoms with E-state index in [9.17, 15) is 22.8 Å². The Kier molecular flexibility index (Phi) is 3.56. The van der Waals surface area contributed by atoms with Gasteiger partial charge < -0.3 is 15.7 Å². The zero-order chi connectivity index (χ0) is 15.8. The molecule has 0 unspecified atom stereocenters. The minimum Gasteiger partial charge on any atom is -0.478 e. The molecule has 21 heavy (non-hydrogen) atoms. The van der Waals surface area contributed by atoms with Crippen LogP contribution in [0.4, 0.5) is 23.7 Å². The molecule has 1 saturated carbocycles. The lowest BCUT2D eigenvalue weighted by molar-refractivity contribution is -0.162. The van der Waals surface area contributed by atoms with Crippen molar-refractivity contribution in [3.63, 3.8) is 0 Å². The molecule has 0 atom stereocenters. The maximum Gasteiger partial charge on any atom is 0.411 e. The second-order valence-corrected chi connectivity index (χ2v) is 4.96. The predicted octanol–water partition coefficient (Wildman–Crippen LogP) is 2.91. The van der Waals surface area contributed by atoms with Gasteiger partial charge in [0.05, 0.1) is 11.3 Å². The first-order chi connectivity index (χ1) is 9.66. The predicted molar refractivity (Wildman–Crippen MR) is 68.3 cm³/mol. The van der Waals surface area contributed by atoms with E-state index in [1.165, 1.54) is 12.1 Å². The molecule has 3 N–H and O–H groups in total. The molecule has 1 fully saturated rings. The Labute approximate surface area is 118 Å². The van der Waals surface area contributed by atoms with Crippen LogP contribution in [0.15, 0.2) is 18.2 Å². The Morgan fingerprint density at radius 3 is 2.38 bits per heavy atom. The Bertz CT molecular complexity index is 595. The number of carbonyl (C=O) groups excluding carboxylic acids is 1. The Balaban J connectivity index is 2.16. The van der Waals surface area contributed by atoms with Gasteiger partial charge in [-0.1, -0.05) is 12.1 Å². The first kappa shape index (κ1) is 15.1. The number of hydrogen-bond acceptors (Lipinski definition) is 2. The van der Waals surface area contributed by atoms with Gasteiger partial charge in [-0.25, -0.2) is 9.59 Å². The molecule has 0 aliphatic heterocycles. The zero-order valence-electron chi connectivity index (χ0n) is 11.0. The van der Waals surface area contributed by atoms with Gasteiger partial charge in [-0.05, 0) is 31.4 Å². The highest BCUT2D eigenvalue weighted by molar-refractivity contribution is 6.01. The lowest BCUT2D eigenvalue weighted by Gasteiger charge is -2.21. The number of carboxylic acid groups (broad SMARTS) is 1. The molecule has 0 radical (unpaired) electrons. The van der Waals surface area contributed by atoms with E-state index in [0.717, 1.165) is 0 Å². The molecular formula is C13H13F3N2O3. The van der Waals surface area contributed by atoms with Gasteiger partial charge in [0.25, 0.3) is 0 Å². The largest absolute Gasteiger partial charge is 0.478 e. The first-order valence-electron chi connectivity index (χ1n) is 6.15. The van der Waals surface area contributed by atoms with Crippen molar-refractivity contribution in [2.75, 3.05) is 5.32 Å². The number of benzene rings is 1. The van der Waals surface area contributed by atoms with Crippen molar-refractivity contribution in [2.24, 2.45) is 0 Å². The van der Waals surface area contributed by atoms with E-state index in [0.29, 0.717) is 5.56 Å². The molecule has 2 amide bonds. The highest BCUT2D eigenvalue weighted by Gasteiger charge is 2.64. The molecule has 5 nitrogen and oxygen atoms in total. The molecule has 0 aromatic heterocycles. The lowest BCUT2D eigenvalue weighted by Crippen LogP contribution is -2.49. The Morgan fingerprint density at radius 2 is 1.90 bits per heavy atom. The van der Waals surface area contributed by atoms with Crippen molar-refractivity contribution >= 4 is 17.7 Å². The Morgan fingerprint density at radius 1 is 1.29 bits per heavy atom. The van der Waals surface area contributed by atoms with Crippen molar-refractivity contribution in [1.82, 2.24) is 5.32 Å². The molecule has 1 aromatic carbocycles. The summed E-state index contributed by atoms with van der Waals surface area (Å²) in [5.74, 6) is -1.27. The third kappa shape index (κ3) is 2.93. The van der Waals surface area contributed by atoms with Crippen molar-refractivity contribution in [3.05, 3.63) is 29.3 Å². The second kappa shape index (κ2) is 4.94. The number of anilines is 1. The third-order valence-corrected chi connectivity index (χ3v) is 3.39. The quantitative estimate of drug-likeness (QED) is 0.803. The number of para-hydroxylation sites is 1. The van der Waals surface area contributed by atoms with Crippen molar-refractivity contribution in [3.8, 4) is 0 Å². The fourth-order valence-electron chi connectivity index (χ4n) is 1.98. The average molecular weight is 302 g/mol. The van der Waals surface area contributed by atoms with E-state index in [4.69, 9.17) is 5.11 Å². The van der Waals surface area contributed by atoms with Gasteiger partial charge in [-0.3, -0.25) is 0 Å². The minimum atomic E-state index is -4.52. The number of carboxylic acids is 1. The molecule has 8 heteroatoms. The molecule has 0 heterocycles. The molecule has 0 spiro atoms. The van der Waals surface area contributed by atoms with Crippen LogP contribution in [0, 0.1) is 6.92 Å². The third-order valence-electron chi connectivity index (χ3n) is 3.39. The smallest absolute Gasteiger partial charge is 0.411 e. The summed E-state index contributed by atoms with van der Waals surface area (Å²) in [4.78, 5) is 22.8. The summed E-state index contributed by atoms with van der Waals surface area (Å²) in [7, 11) is 0. The van der Waals surface area contributed by atoms with Gasteiger partial charge in [-0.2, -0.15) is 13.2 Å². The highest BCUT2D eigenvalue weighted by Crippen LogP contribution is 2.48. The fourth-order valence-corrected chi connectivity index (χ4v) is 1.98. The highest BCUT2D eigenvalue weighted by atomic mass is 19.4. The summed E-state index contributed by atoms with van der Waals surface area (Å²) in [5, 5.41) is 13.1. The number of alkyl halides is 3. The van der Waals surface area contributed by atoms with Crippen LogP contribution < -0.4 is 10.6 Å². The topological polar surface area (TPSA) is 78.4 Å². The Hall–Kier alpha value is -2.25. The average Bonchev–Trinajstić information content (AvgIpc) is 3.11. The number of nitrogens with one attached hydrogen (secondary N) is 2. The SMILES string of the molecule is Cc1cccc(C(=O)O)c1NC(=O)NC1(C(F)(F)F)CC1. The van der Waals surface area contributed by atoms with Gasteiger partial charge >= 0.3 is 18.2 Å². The van der Waals surface area contributed by atoms with Crippen molar-refractivity contribution in [1.29, 1.82) is 0 Å². The van der Waals surface area contributed by atoms with Crippen molar-refractivity contribution in [2.45, 2.75) is 31.5 Å². The van der Waals surface area contributed by atoms with Crippen LogP contribution in [0.1, 0.15) is 28.8 Å². The molecule has 1 aliphatic carbocycles. The first-order valence-corrected chi connectivity index (χ1v) is 6.15. The van der Waals surface area contributed by atoms with Crippen LogP contribution in [-0.2, 0) is 0 Å². The van der Waals surface area contributed by atoms with E-state index in [2.05, 4.69) is 5.32 Å². The van der Waals surface area contributed by atoms with E-state index in [1.54, 1.807) is 13.0 Å². The lowest BCUT2D eigenvalue weighted by atomic mass is 10.1. The monoisotopic (exact) mass is 302 g/mol. The minimum absolute atomic E-state index is 0.0134. The van der Waals surface area contributed by atoms with Gasteiger partial charge in [0.2, 0.25) is 0 Å². The number of aromatic carboxylic acids is 1. The molecule has 0 bridgehead atoms. The van der Waals surface area contributed by atoms with E-state index >= 15 is 0 Å². The van der Waals surface area contributed by atoms with Gasteiger partial charge in [-0.15, -0.1) is 0 Å². The van der Waals surface area contributed by atoms with Gasteiger partial charge in [0.1, 0.15) is 5.54 Å². The summed E-state index contributed by atoms with van der Waals surface area (Å²) in [5.41, 5.74) is -1.94. The number of carbonyl (C=O) groups is 2. The molecule has 1 aliphatic rings. The summed E-state index contributed by atoms with van der Waals surface area (Å²) in [6.45, 7) is 1.55. The summed E-state index contributed by atoms with van der Waals surface area (Å²) >= 11 is 0. The molecule has 0 saturated heterocycles. The van der Waals surface area contributed by atoms with Crippen LogP contribution in [-0.4, -0.2) is 28.8 Å². The van der Waals surface area contributed by atoms with Gasteiger partial charge in [0.15, 0.2) is 0 Å². The fraction of sp³-hybridized carbons (Fsp3) is 0.385. The van der Waals surface area contributed by atoms with Gasteiger partial charge in [0, 0.05) is 0 Å². The number of hydrogen-bond donors (Lipinski definition) is 3. The standard InChI is InChI=1S/C13H13F3N2O3/c1-7-3-2-4-8(10(19)20)9(7)17-11(21)18-12(5-6-12)13(14,15)16/h2-4H,5-6H2,1H3,(H,19,20)(H2,17,18,21). The van der Waals surface area contributed by atoms with Crippen LogP contribution in [0.25, 0.3) is 0 Å². The van der Waals surface area contributed by atoms with E-state index in [-0.39, 0.29) is 24.1 Å². The van der Waals surface area contributed by atoms with Crippen LogP contribution in [0.3, 0.4) is 0 Å². The number of aryl methyl sites for hydroxylation is 1. The maximum absolute atomic E-state index is 12.7. The molecule has 114 valence electrons. The van der Waals surface area contributed by atoms with Crippen LogP contribution >= 0.6 is 0 Å². The maximum atomic E-state index is 12.7. The van der Waals surface area contributed by atoms with E-state index in [1.807, 2.05) is 5.32 Å².